The zero-order valence-corrected chi connectivity index (χ0v) is 17.4. The van der Waals surface area contributed by atoms with Crippen LogP contribution in [0.2, 0.25) is 0 Å². The van der Waals surface area contributed by atoms with Gasteiger partial charge in [0.1, 0.15) is 17.5 Å². The Bertz CT molecular complexity index is 848. The van der Waals surface area contributed by atoms with Gasteiger partial charge in [0, 0.05) is 49.7 Å². The summed E-state index contributed by atoms with van der Waals surface area (Å²) in [5.41, 5.74) is 1.92. The van der Waals surface area contributed by atoms with Crippen molar-refractivity contribution in [2.75, 3.05) is 19.6 Å². The van der Waals surface area contributed by atoms with E-state index in [0.717, 1.165) is 62.3 Å². The molecule has 1 saturated carbocycles. The van der Waals surface area contributed by atoms with Crippen LogP contribution in [0.15, 0.2) is 12.3 Å². The molecule has 1 unspecified atom stereocenters. The normalized spacial score (nSPS) is 25.2. The lowest BCUT2D eigenvalue weighted by Gasteiger charge is -2.58. The van der Waals surface area contributed by atoms with Crippen molar-refractivity contribution >= 4 is 12.0 Å². The summed E-state index contributed by atoms with van der Waals surface area (Å²) in [6, 6.07) is 2.07. The molecule has 1 aromatic rings. The first-order chi connectivity index (χ1) is 13.7. The summed E-state index contributed by atoms with van der Waals surface area (Å²) in [4.78, 5) is 32.6. The van der Waals surface area contributed by atoms with Crippen LogP contribution in [-0.2, 0) is 16.0 Å². The van der Waals surface area contributed by atoms with E-state index in [-0.39, 0.29) is 29.6 Å². The topological polar surface area (TPSA) is 72.0 Å². The molecular formula is C22H29N3O4. The molecule has 5 rings (SSSR count). The van der Waals surface area contributed by atoms with E-state index in [9.17, 15) is 9.59 Å². The smallest absolute Gasteiger partial charge is 0.410 e. The van der Waals surface area contributed by atoms with Gasteiger partial charge in [-0.1, -0.05) is 0 Å². The zero-order valence-electron chi connectivity index (χ0n) is 17.4. The molecule has 1 atom stereocenters. The lowest BCUT2D eigenvalue weighted by molar-refractivity contribution is -0.129. The molecule has 1 aliphatic carbocycles. The Morgan fingerprint density at radius 3 is 2.72 bits per heavy atom. The average Bonchev–Trinajstić information content (AvgIpc) is 2.95. The van der Waals surface area contributed by atoms with Gasteiger partial charge in [-0.2, -0.15) is 0 Å². The van der Waals surface area contributed by atoms with Crippen LogP contribution in [-0.4, -0.2) is 58.1 Å². The molecule has 7 nitrogen and oxygen atoms in total. The zero-order chi connectivity index (χ0) is 20.4. The summed E-state index contributed by atoms with van der Waals surface area (Å²) in [5.74, 6) is 1.14. The molecule has 0 radical (unpaired) electrons. The molecule has 1 aromatic heterocycles. The highest BCUT2D eigenvalue weighted by molar-refractivity contribution is 5.79. The molecule has 0 aromatic carbocycles. The molecule has 4 aliphatic rings. The third-order valence-corrected chi connectivity index (χ3v) is 6.60. The van der Waals surface area contributed by atoms with E-state index in [1.165, 1.54) is 0 Å². The van der Waals surface area contributed by atoms with Crippen LogP contribution in [0.1, 0.15) is 63.8 Å². The first kappa shape index (κ1) is 18.7. The van der Waals surface area contributed by atoms with E-state index >= 15 is 0 Å². The van der Waals surface area contributed by atoms with Crippen molar-refractivity contribution in [3.8, 4) is 5.75 Å². The molecule has 0 bridgehead atoms. The summed E-state index contributed by atoms with van der Waals surface area (Å²) < 4.78 is 11.8. The monoisotopic (exact) mass is 399 g/mol. The molecular weight excluding hydrogens is 370 g/mol. The average molecular weight is 399 g/mol. The number of hydrogen-bond acceptors (Lipinski definition) is 5. The van der Waals surface area contributed by atoms with E-state index in [4.69, 9.17) is 9.47 Å². The van der Waals surface area contributed by atoms with Gasteiger partial charge in [0.05, 0.1) is 11.7 Å². The van der Waals surface area contributed by atoms with Crippen molar-refractivity contribution < 1.29 is 19.1 Å². The number of ether oxygens (including phenoxy) is 2. The lowest BCUT2D eigenvalue weighted by atomic mass is 9.62. The predicted octanol–water partition coefficient (Wildman–Crippen LogP) is 3.08. The molecule has 2 saturated heterocycles. The van der Waals surface area contributed by atoms with Gasteiger partial charge in [-0.25, -0.2) is 4.79 Å². The van der Waals surface area contributed by atoms with Gasteiger partial charge in [-0.3, -0.25) is 9.78 Å². The second-order valence-electron chi connectivity index (χ2n) is 10.0. The van der Waals surface area contributed by atoms with Crippen LogP contribution in [0.5, 0.6) is 5.75 Å². The van der Waals surface area contributed by atoms with Crippen LogP contribution >= 0.6 is 0 Å². The quantitative estimate of drug-likeness (QED) is 0.764. The molecule has 7 heteroatoms. The lowest BCUT2D eigenvalue weighted by Crippen LogP contribution is -2.66. The van der Waals surface area contributed by atoms with Gasteiger partial charge in [-0.05, 0) is 46.1 Å². The molecule has 29 heavy (non-hydrogen) atoms. The largest absolute Gasteiger partial charge is 0.490 e. The van der Waals surface area contributed by atoms with E-state index < -0.39 is 5.60 Å². The van der Waals surface area contributed by atoms with Crippen LogP contribution in [0.4, 0.5) is 4.79 Å². The molecule has 2 amide bonds. The fraction of sp³-hybridized carbons (Fsp3) is 0.682. The predicted molar refractivity (Wildman–Crippen MR) is 106 cm³/mol. The summed E-state index contributed by atoms with van der Waals surface area (Å²) in [6.45, 7) is 7.94. The number of carbonyl (C=O) groups excluding carboxylic acids is 2. The second-order valence-corrected chi connectivity index (χ2v) is 10.0. The van der Waals surface area contributed by atoms with Crippen LogP contribution < -0.4 is 4.74 Å². The number of likely N-dealkylation sites (tertiary alicyclic amines) is 1. The Morgan fingerprint density at radius 2 is 2.00 bits per heavy atom. The molecule has 1 spiro atoms. The Morgan fingerprint density at radius 1 is 1.24 bits per heavy atom. The number of nitrogens with zero attached hydrogens (tertiary/aromatic N) is 3. The van der Waals surface area contributed by atoms with Crippen molar-refractivity contribution in [2.24, 2.45) is 5.41 Å². The van der Waals surface area contributed by atoms with Gasteiger partial charge >= 0.3 is 6.09 Å². The third kappa shape index (κ3) is 3.24. The molecule has 156 valence electrons. The van der Waals surface area contributed by atoms with Crippen LogP contribution in [0, 0.1) is 5.41 Å². The van der Waals surface area contributed by atoms with Crippen molar-refractivity contribution in [1.29, 1.82) is 0 Å². The van der Waals surface area contributed by atoms with Crippen LogP contribution in [0.3, 0.4) is 0 Å². The van der Waals surface area contributed by atoms with Gasteiger partial charge in [0.2, 0.25) is 5.91 Å². The Kier molecular flexibility index (Phi) is 4.09. The SMILES string of the molecule is CC(C)(C)OC(=O)N1CC2(CC(Oc3ccnc4c3C3CCC(=O)N3CC4)C2)C1. The Hall–Kier alpha value is -2.31. The van der Waals surface area contributed by atoms with Crippen LogP contribution in [0.25, 0.3) is 0 Å². The van der Waals surface area contributed by atoms with E-state index in [0.29, 0.717) is 6.42 Å². The highest BCUT2D eigenvalue weighted by atomic mass is 16.6. The summed E-state index contributed by atoms with van der Waals surface area (Å²) >= 11 is 0. The molecule has 3 aliphatic heterocycles. The number of rotatable bonds is 2. The number of hydrogen-bond donors (Lipinski definition) is 0. The highest BCUT2D eigenvalue weighted by Crippen LogP contribution is 2.51. The van der Waals surface area contributed by atoms with Crippen molar-refractivity contribution in [3.63, 3.8) is 0 Å². The second kappa shape index (κ2) is 6.34. The van der Waals surface area contributed by atoms with E-state index in [2.05, 4.69) is 4.98 Å². The molecule has 0 N–H and O–H groups in total. The van der Waals surface area contributed by atoms with Gasteiger partial charge in [0.15, 0.2) is 0 Å². The van der Waals surface area contributed by atoms with Crippen molar-refractivity contribution in [3.05, 3.63) is 23.5 Å². The third-order valence-electron chi connectivity index (χ3n) is 6.60. The number of aromatic nitrogens is 1. The first-order valence-electron chi connectivity index (χ1n) is 10.6. The maximum Gasteiger partial charge on any atom is 0.410 e. The Balaban J connectivity index is 1.21. The summed E-state index contributed by atoms with van der Waals surface area (Å²) in [7, 11) is 0. The van der Waals surface area contributed by atoms with Crippen molar-refractivity contribution in [2.45, 2.75) is 70.6 Å². The maximum absolute atomic E-state index is 12.2. The number of fused-ring (bicyclic) bond motifs is 3. The van der Waals surface area contributed by atoms with Gasteiger partial charge < -0.3 is 19.3 Å². The first-order valence-corrected chi connectivity index (χ1v) is 10.6. The van der Waals surface area contributed by atoms with E-state index in [1.54, 1.807) is 4.90 Å². The minimum atomic E-state index is -0.457. The molecule has 4 heterocycles. The standard InChI is InChI=1S/C22H29N3O4/c1-21(2,3)29-20(27)24-12-22(13-24)10-14(11-22)28-17-6-8-23-15-7-9-25-16(19(15)17)4-5-18(25)26/h6,8,14,16H,4-5,7,9-13H2,1-3H3. The fourth-order valence-corrected chi connectivity index (χ4v) is 5.34. The Labute approximate surface area is 171 Å². The number of amides is 2. The van der Waals surface area contributed by atoms with E-state index in [1.807, 2.05) is 37.9 Å². The van der Waals surface area contributed by atoms with Gasteiger partial charge in [0.25, 0.3) is 0 Å². The summed E-state index contributed by atoms with van der Waals surface area (Å²) in [6.07, 6.45) is 5.94. The number of carbonyl (C=O) groups is 2. The fourth-order valence-electron chi connectivity index (χ4n) is 5.34. The highest BCUT2D eigenvalue weighted by Gasteiger charge is 2.55. The van der Waals surface area contributed by atoms with Crippen molar-refractivity contribution in [1.82, 2.24) is 14.8 Å². The summed E-state index contributed by atoms with van der Waals surface area (Å²) in [5, 5.41) is 0. The number of pyridine rings is 1. The minimum Gasteiger partial charge on any atom is -0.490 e. The minimum absolute atomic E-state index is 0.121. The molecule has 3 fully saturated rings. The van der Waals surface area contributed by atoms with Gasteiger partial charge in [-0.15, -0.1) is 0 Å². The maximum atomic E-state index is 12.2.